The summed E-state index contributed by atoms with van der Waals surface area (Å²) in [5.74, 6) is -0.314. The van der Waals surface area contributed by atoms with Gasteiger partial charge in [-0.15, -0.1) is 0 Å². The molecule has 4 N–H and O–H groups in total. The number of fused-ring (bicyclic) bond motifs is 1. The van der Waals surface area contributed by atoms with Gasteiger partial charge in [-0.2, -0.15) is 0 Å². The zero-order valence-electron chi connectivity index (χ0n) is 12.0. The van der Waals surface area contributed by atoms with Gasteiger partial charge in [0.2, 0.25) is 11.8 Å². The van der Waals surface area contributed by atoms with Crippen molar-refractivity contribution in [3.8, 4) is 0 Å². The lowest BCUT2D eigenvalue weighted by molar-refractivity contribution is -0.119. The van der Waals surface area contributed by atoms with Crippen LogP contribution in [0.4, 0.5) is 5.69 Å². The number of nitrogens with two attached hydrogens (primary N) is 2. The van der Waals surface area contributed by atoms with Gasteiger partial charge in [0, 0.05) is 29.8 Å². The Labute approximate surface area is 124 Å². The fraction of sp³-hybridized carbons (Fsp3) is 0.500. The number of amides is 2. The highest BCUT2D eigenvalue weighted by molar-refractivity contribution is 6.00. The Morgan fingerprint density at radius 3 is 2.52 bits per heavy atom. The van der Waals surface area contributed by atoms with Gasteiger partial charge in [0.25, 0.3) is 0 Å². The van der Waals surface area contributed by atoms with Crippen molar-refractivity contribution in [1.82, 2.24) is 0 Å². The Morgan fingerprint density at radius 2 is 1.86 bits per heavy atom. The molecule has 0 saturated heterocycles. The van der Waals surface area contributed by atoms with Crippen molar-refractivity contribution in [1.29, 1.82) is 0 Å². The number of hydrogen-bond donors (Lipinski definition) is 2. The van der Waals surface area contributed by atoms with Crippen molar-refractivity contribution in [2.45, 2.75) is 50.6 Å². The summed E-state index contributed by atoms with van der Waals surface area (Å²) in [4.78, 5) is 25.7. The third-order valence-electron chi connectivity index (χ3n) is 4.61. The summed E-state index contributed by atoms with van der Waals surface area (Å²) in [5, 5.41) is 0. The molecule has 3 rings (SSSR count). The highest BCUT2D eigenvalue weighted by atomic mass is 16.2. The van der Waals surface area contributed by atoms with E-state index in [1.807, 2.05) is 11.0 Å². The van der Waals surface area contributed by atoms with E-state index in [1.54, 1.807) is 12.1 Å². The van der Waals surface area contributed by atoms with Crippen LogP contribution < -0.4 is 16.4 Å². The van der Waals surface area contributed by atoms with Gasteiger partial charge in [0.15, 0.2) is 0 Å². The van der Waals surface area contributed by atoms with Crippen LogP contribution in [0, 0.1) is 0 Å². The Balaban J connectivity index is 1.95. The fourth-order valence-corrected chi connectivity index (χ4v) is 3.41. The zero-order chi connectivity index (χ0) is 15.0. The van der Waals surface area contributed by atoms with Crippen LogP contribution in [0.1, 0.15) is 48.0 Å². The van der Waals surface area contributed by atoms with E-state index in [-0.39, 0.29) is 18.0 Å². The number of nitrogens with zero attached hydrogens (tertiary/aromatic N) is 1. The summed E-state index contributed by atoms with van der Waals surface area (Å²) in [5.41, 5.74) is 13.8. The van der Waals surface area contributed by atoms with Crippen molar-refractivity contribution < 1.29 is 9.59 Å². The summed E-state index contributed by atoms with van der Waals surface area (Å²) in [6.07, 6.45) is 5.00. The second-order valence-corrected chi connectivity index (χ2v) is 6.04. The lowest BCUT2D eigenvalue weighted by Crippen LogP contribution is -2.46. The molecular formula is C16H21N3O2. The number of aryl methyl sites for hydroxylation is 1. The molecule has 0 radical (unpaired) electrons. The minimum atomic E-state index is -0.457. The molecule has 1 saturated carbocycles. The van der Waals surface area contributed by atoms with Gasteiger partial charge in [-0.3, -0.25) is 9.59 Å². The summed E-state index contributed by atoms with van der Waals surface area (Å²) < 4.78 is 0. The summed E-state index contributed by atoms with van der Waals surface area (Å²) in [7, 11) is 0. The van der Waals surface area contributed by atoms with E-state index in [1.165, 1.54) is 0 Å². The van der Waals surface area contributed by atoms with E-state index in [0.29, 0.717) is 12.0 Å². The molecule has 1 aliphatic heterocycles. The molecule has 1 aliphatic carbocycles. The zero-order valence-corrected chi connectivity index (χ0v) is 12.0. The molecule has 5 heteroatoms. The molecule has 0 aromatic heterocycles. The molecule has 0 bridgehead atoms. The van der Waals surface area contributed by atoms with Crippen LogP contribution in [-0.4, -0.2) is 23.9 Å². The van der Waals surface area contributed by atoms with E-state index >= 15 is 0 Å². The first kappa shape index (κ1) is 14.1. The van der Waals surface area contributed by atoms with Crippen molar-refractivity contribution in [3.05, 3.63) is 29.3 Å². The number of carbonyl (C=O) groups is 2. The van der Waals surface area contributed by atoms with Crippen molar-refractivity contribution in [3.63, 3.8) is 0 Å². The maximum Gasteiger partial charge on any atom is 0.248 e. The number of rotatable bonds is 2. The first-order valence-electron chi connectivity index (χ1n) is 7.56. The van der Waals surface area contributed by atoms with Crippen LogP contribution >= 0.6 is 0 Å². The molecule has 1 aromatic carbocycles. The number of hydrogen-bond acceptors (Lipinski definition) is 3. The van der Waals surface area contributed by atoms with Gasteiger partial charge < -0.3 is 16.4 Å². The predicted molar refractivity (Wildman–Crippen MR) is 81.0 cm³/mol. The molecule has 1 fully saturated rings. The van der Waals surface area contributed by atoms with Gasteiger partial charge >= 0.3 is 0 Å². The van der Waals surface area contributed by atoms with Crippen molar-refractivity contribution >= 4 is 17.5 Å². The molecule has 5 nitrogen and oxygen atoms in total. The summed E-state index contributed by atoms with van der Waals surface area (Å²) >= 11 is 0. The van der Waals surface area contributed by atoms with Gasteiger partial charge in [-0.1, -0.05) is 6.07 Å². The van der Waals surface area contributed by atoms with Crippen LogP contribution in [0.5, 0.6) is 0 Å². The van der Waals surface area contributed by atoms with Crippen LogP contribution in [-0.2, 0) is 11.2 Å². The average Bonchev–Trinajstić information content (AvgIpc) is 2.48. The molecule has 0 atom stereocenters. The highest BCUT2D eigenvalue weighted by Crippen LogP contribution is 2.34. The molecular weight excluding hydrogens is 266 g/mol. The summed E-state index contributed by atoms with van der Waals surface area (Å²) in [6.45, 7) is 0. The lowest BCUT2D eigenvalue weighted by atomic mass is 9.88. The molecule has 0 unspecified atom stereocenters. The molecule has 1 aromatic rings. The Kier molecular flexibility index (Phi) is 3.68. The quantitative estimate of drug-likeness (QED) is 0.860. The van der Waals surface area contributed by atoms with Crippen LogP contribution in [0.3, 0.4) is 0 Å². The Morgan fingerprint density at radius 1 is 1.14 bits per heavy atom. The Hall–Kier alpha value is -1.88. The maximum absolute atomic E-state index is 12.4. The molecule has 1 heterocycles. The minimum Gasteiger partial charge on any atom is -0.366 e. The monoisotopic (exact) mass is 287 g/mol. The predicted octanol–water partition coefficient (Wildman–Crippen LogP) is 1.33. The van der Waals surface area contributed by atoms with Crippen LogP contribution in [0.15, 0.2) is 18.2 Å². The van der Waals surface area contributed by atoms with Crippen molar-refractivity contribution in [2.75, 3.05) is 4.90 Å². The topological polar surface area (TPSA) is 89.4 Å². The second-order valence-electron chi connectivity index (χ2n) is 6.04. The van der Waals surface area contributed by atoms with Gasteiger partial charge in [-0.25, -0.2) is 0 Å². The van der Waals surface area contributed by atoms with E-state index in [2.05, 4.69) is 0 Å². The number of carbonyl (C=O) groups excluding carboxylic acids is 2. The smallest absolute Gasteiger partial charge is 0.248 e. The van der Waals surface area contributed by atoms with Gasteiger partial charge in [0.1, 0.15) is 0 Å². The van der Waals surface area contributed by atoms with E-state index in [0.717, 1.165) is 43.4 Å². The van der Waals surface area contributed by atoms with Crippen LogP contribution in [0.25, 0.3) is 0 Å². The lowest BCUT2D eigenvalue weighted by Gasteiger charge is -2.39. The number of anilines is 1. The van der Waals surface area contributed by atoms with E-state index < -0.39 is 5.91 Å². The van der Waals surface area contributed by atoms with E-state index in [4.69, 9.17) is 11.5 Å². The number of benzene rings is 1. The van der Waals surface area contributed by atoms with Gasteiger partial charge in [-0.05, 0) is 49.8 Å². The van der Waals surface area contributed by atoms with E-state index in [9.17, 15) is 9.59 Å². The Bertz CT molecular complexity index is 577. The molecule has 21 heavy (non-hydrogen) atoms. The third-order valence-corrected chi connectivity index (χ3v) is 4.61. The van der Waals surface area contributed by atoms with Crippen molar-refractivity contribution in [2.24, 2.45) is 11.5 Å². The summed E-state index contributed by atoms with van der Waals surface area (Å²) in [6, 6.07) is 5.87. The highest BCUT2D eigenvalue weighted by Gasteiger charge is 2.32. The van der Waals surface area contributed by atoms with Gasteiger partial charge in [0.05, 0.1) is 0 Å². The minimum absolute atomic E-state index is 0.143. The standard InChI is InChI=1S/C16H21N3O2/c17-12-4-6-13(7-5-12)19-14-9-11(16(18)21)2-1-10(14)3-8-15(19)20/h1-2,9,12-13H,3-8,17H2,(H2,18,21). The molecule has 2 aliphatic rings. The average molecular weight is 287 g/mol. The normalized spacial score (nSPS) is 25.6. The largest absolute Gasteiger partial charge is 0.366 e. The fourth-order valence-electron chi connectivity index (χ4n) is 3.41. The molecule has 2 amide bonds. The second kappa shape index (κ2) is 5.48. The molecule has 0 spiro atoms. The maximum atomic E-state index is 12.4. The first-order chi connectivity index (χ1) is 10.1. The number of primary amides is 1. The third kappa shape index (κ3) is 2.65. The SMILES string of the molecule is NC(=O)c1ccc2c(c1)N(C1CCC(N)CC1)C(=O)CC2. The van der Waals surface area contributed by atoms with Crippen LogP contribution in [0.2, 0.25) is 0 Å². The molecule has 112 valence electrons. The first-order valence-corrected chi connectivity index (χ1v) is 7.56.